The van der Waals surface area contributed by atoms with Gasteiger partial charge in [-0.1, -0.05) is 6.07 Å². The molecule has 2 saturated heterocycles. The highest BCUT2D eigenvalue weighted by Gasteiger charge is 2.38. The largest absolute Gasteiger partial charge is 0.495 e. The molecule has 2 amide bonds. The van der Waals surface area contributed by atoms with Gasteiger partial charge in [-0.2, -0.15) is 26.3 Å². The Morgan fingerprint density at radius 1 is 1.04 bits per heavy atom. The Labute approximate surface area is 257 Å². The lowest BCUT2D eigenvalue weighted by molar-refractivity contribution is -0.142. The van der Waals surface area contributed by atoms with Gasteiger partial charge in [0.2, 0.25) is 5.95 Å². The molecule has 45 heavy (non-hydrogen) atoms. The fourth-order valence-corrected chi connectivity index (χ4v) is 5.68. The molecule has 2 aliphatic rings. The van der Waals surface area contributed by atoms with E-state index >= 15 is 0 Å². The molecular formula is C29H26F6N6O3S. The third kappa shape index (κ3) is 7.73. The Bertz CT molecular complexity index is 1620. The predicted octanol–water partition coefficient (Wildman–Crippen LogP) is 5.91. The van der Waals surface area contributed by atoms with E-state index in [0.29, 0.717) is 48.8 Å². The number of carbonyl (C=O) groups excluding carboxylic acids is 2. The van der Waals surface area contributed by atoms with Crippen molar-refractivity contribution in [2.24, 2.45) is 5.92 Å². The van der Waals surface area contributed by atoms with Crippen molar-refractivity contribution in [1.82, 2.24) is 25.6 Å². The summed E-state index contributed by atoms with van der Waals surface area (Å²) < 4.78 is 85.9. The van der Waals surface area contributed by atoms with E-state index in [1.165, 1.54) is 25.3 Å². The van der Waals surface area contributed by atoms with E-state index in [-0.39, 0.29) is 29.1 Å². The van der Waals surface area contributed by atoms with Crippen LogP contribution in [0.3, 0.4) is 0 Å². The molecule has 2 N–H and O–H groups in total. The SMILES string of the molecule is COc1ccc(-c2ccc(C(F)(F)F)cc2C(F)(F)F)nc1CNCC1CCN(c2nccc(/C=C3/SC(=O)NC3=O)n2)CC1. The van der Waals surface area contributed by atoms with Crippen molar-refractivity contribution >= 4 is 34.9 Å². The van der Waals surface area contributed by atoms with Crippen LogP contribution in [-0.4, -0.2) is 52.8 Å². The van der Waals surface area contributed by atoms with E-state index in [9.17, 15) is 35.9 Å². The van der Waals surface area contributed by atoms with Gasteiger partial charge in [-0.3, -0.25) is 14.9 Å². The molecular weight excluding hydrogens is 626 g/mol. The van der Waals surface area contributed by atoms with Crippen LogP contribution in [0.25, 0.3) is 17.3 Å². The average Bonchev–Trinajstić information content (AvgIpc) is 3.32. The van der Waals surface area contributed by atoms with Gasteiger partial charge in [-0.05, 0) is 73.5 Å². The summed E-state index contributed by atoms with van der Waals surface area (Å²) in [5.74, 6) is 0.616. The topological polar surface area (TPSA) is 109 Å². The summed E-state index contributed by atoms with van der Waals surface area (Å²) in [5, 5.41) is 5.03. The predicted molar refractivity (Wildman–Crippen MR) is 154 cm³/mol. The van der Waals surface area contributed by atoms with Crippen molar-refractivity contribution in [2.45, 2.75) is 31.7 Å². The smallest absolute Gasteiger partial charge is 0.417 e. The number of carbonyl (C=O) groups is 2. The number of nitrogens with zero attached hydrogens (tertiary/aromatic N) is 4. The van der Waals surface area contributed by atoms with Crippen LogP contribution in [0.4, 0.5) is 37.1 Å². The van der Waals surface area contributed by atoms with Crippen molar-refractivity contribution < 1.29 is 40.7 Å². The molecule has 2 aromatic heterocycles. The number of ether oxygens (including phenoxy) is 1. The summed E-state index contributed by atoms with van der Waals surface area (Å²) in [4.78, 5) is 38.7. The zero-order chi connectivity index (χ0) is 32.4. The Morgan fingerprint density at radius 3 is 2.44 bits per heavy atom. The highest BCUT2D eigenvalue weighted by Crippen LogP contribution is 2.41. The molecule has 0 radical (unpaired) electrons. The number of aromatic nitrogens is 3. The van der Waals surface area contributed by atoms with E-state index in [4.69, 9.17) is 4.74 Å². The van der Waals surface area contributed by atoms with E-state index < -0.39 is 40.2 Å². The fourth-order valence-electron chi connectivity index (χ4n) is 5.01. The fraction of sp³-hybridized carbons (Fsp3) is 0.345. The summed E-state index contributed by atoms with van der Waals surface area (Å²) in [7, 11) is 1.39. The summed E-state index contributed by atoms with van der Waals surface area (Å²) >= 11 is 0.806. The van der Waals surface area contributed by atoms with Gasteiger partial charge in [0, 0.05) is 31.4 Å². The van der Waals surface area contributed by atoms with Gasteiger partial charge >= 0.3 is 12.4 Å². The maximum atomic E-state index is 13.7. The summed E-state index contributed by atoms with van der Waals surface area (Å²) in [6, 6.07) is 5.85. The number of imide groups is 1. The lowest BCUT2D eigenvalue weighted by Crippen LogP contribution is -2.38. The van der Waals surface area contributed by atoms with Gasteiger partial charge in [0.25, 0.3) is 11.1 Å². The van der Waals surface area contributed by atoms with Crippen LogP contribution in [0.2, 0.25) is 0 Å². The van der Waals surface area contributed by atoms with E-state index in [1.54, 1.807) is 12.3 Å². The van der Waals surface area contributed by atoms with Gasteiger partial charge in [-0.25, -0.2) is 15.0 Å². The van der Waals surface area contributed by atoms with Crippen molar-refractivity contribution in [3.63, 3.8) is 0 Å². The molecule has 0 aliphatic carbocycles. The number of benzene rings is 1. The van der Waals surface area contributed by atoms with Crippen molar-refractivity contribution in [3.8, 4) is 17.0 Å². The molecule has 0 unspecified atom stereocenters. The zero-order valence-corrected chi connectivity index (χ0v) is 24.4. The average molecular weight is 653 g/mol. The quantitative estimate of drug-likeness (QED) is 0.227. The first-order valence-electron chi connectivity index (χ1n) is 13.7. The molecule has 0 bridgehead atoms. The Kier molecular flexibility index (Phi) is 9.34. The number of hydrogen-bond donors (Lipinski definition) is 2. The van der Waals surface area contributed by atoms with Crippen LogP contribution in [0.5, 0.6) is 5.75 Å². The molecule has 3 aromatic rings. The van der Waals surface area contributed by atoms with Crippen LogP contribution < -0.4 is 20.3 Å². The van der Waals surface area contributed by atoms with Gasteiger partial charge < -0.3 is 15.0 Å². The highest BCUT2D eigenvalue weighted by atomic mass is 32.2. The molecule has 238 valence electrons. The first kappa shape index (κ1) is 32.2. The molecule has 1 aromatic carbocycles. The molecule has 0 spiro atoms. The molecule has 2 fully saturated rings. The maximum absolute atomic E-state index is 13.7. The minimum absolute atomic E-state index is 0.0965. The third-order valence-corrected chi connectivity index (χ3v) is 8.10. The Hall–Kier alpha value is -4.18. The van der Waals surface area contributed by atoms with Crippen molar-refractivity contribution in [1.29, 1.82) is 0 Å². The van der Waals surface area contributed by atoms with E-state index in [2.05, 4.69) is 25.6 Å². The second-order valence-electron chi connectivity index (χ2n) is 10.3. The van der Waals surface area contributed by atoms with Crippen LogP contribution in [0.1, 0.15) is 35.4 Å². The van der Waals surface area contributed by atoms with Crippen LogP contribution >= 0.6 is 11.8 Å². The molecule has 0 atom stereocenters. The van der Waals surface area contributed by atoms with Crippen molar-refractivity contribution in [3.05, 3.63) is 70.0 Å². The Balaban J connectivity index is 1.21. The number of pyridine rings is 1. The third-order valence-electron chi connectivity index (χ3n) is 7.29. The summed E-state index contributed by atoms with van der Waals surface area (Å²) in [6.07, 6.45) is -5.26. The van der Waals surface area contributed by atoms with E-state index in [0.717, 1.165) is 30.7 Å². The molecule has 16 heteroatoms. The summed E-state index contributed by atoms with van der Waals surface area (Å²) in [6.45, 7) is 2.05. The minimum atomic E-state index is -5.03. The number of anilines is 1. The van der Waals surface area contributed by atoms with Gasteiger partial charge in [0.05, 0.1) is 40.2 Å². The first-order chi connectivity index (χ1) is 21.3. The van der Waals surface area contributed by atoms with Crippen LogP contribution in [0.15, 0.2) is 47.5 Å². The summed E-state index contributed by atoms with van der Waals surface area (Å²) in [5.41, 5.74) is -2.60. The molecule has 0 saturated carbocycles. The number of rotatable bonds is 8. The van der Waals surface area contributed by atoms with Crippen molar-refractivity contribution in [2.75, 3.05) is 31.6 Å². The monoisotopic (exact) mass is 652 g/mol. The molecule has 5 rings (SSSR count). The number of methoxy groups -OCH3 is 1. The van der Waals surface area contributed by atoms with Crippen LogP contribution in [-0.2, 0) is 23.7 Å². The van der Waals surface area contributed by atoms with E-state index in [1.807, 2.05) is 4.90 Å². The number of hydrogen-bond acceptors (Lipinski definition) is 9. The first-order valence-corrected chi connectivity index (χ1v) is 14.5. The molecule has 4 heterocycles. The maximum Gasteiger partial charge on any atom is 0.417 e. The zero-order valence-electron chi connectivity index (χ0n) is 23.6. The second-order valence-corrected chi connectivity index (χ2v) is 11.3. The normalized spacial score (nSPS) is 17.2. The van der Waals surface area contributed by atoms with Gasteiger partial charge in [-0.15, -0.1) is 0 Å². The number of halogens is 6. The lowest BCUT2D eigenvalue weighted by atomic mass is 9.97. The lowest BCUT2D eigenvalue weighted by Gasteiger charge is -2.32. The number of piperidine rings is 1. The number of amides is 2. The number of thioether (sulfide) groups is 1. The standard InChI is InChI=1S/C29H26F6N6O3S/c1-44-23-5-4-21(19-3-2-17(28(30,31)32)12-20(19)29(33,34)35)39-22(23)15-36-14-16-7-10-41(11-8-16)26-37-9-6-18(38-26)13-24-25(42)40-27(43)45-24/h2-6,9,12-13,16,36H,7-8,10-11,14-15H2,1H3,(H,40,42,43)/b24-13+. The molecule has 9 nitrogen and oxygen atoms in total. The van der Waals surface area contributed by atoms with Crippen LogP contribution in [0, 0.1) is 5.92 Å². The van der Waals surface area contributed by atoms with Gasteiger partial charge in [0.15, 0.2) is 0 Å². The number of nitrogens with one attached hydrogen (secondary N) is 2. The number of alkyl halides is 6. The van der Waals surface area contributed by atoms with Gasteiger partial charge in [0.1, 0.15) is 5.75 Å². The highest BCUT2D eigenvalue weighted by molar-refractivity contribution is 8.18. The molecule has 2 aliphatic heterocycles. The minimum Gasteiger partial charge on any atom is -0.495 e. The second kappa shape index (κ2) is 13.0. The Morgan fingerprint density at radius 2 is 1.80 bits per heavy atom.